The monoisotopic (exact) mass is 295 g/mol. The number of halogens is 1. The first-order chi connectivity index (χ1) is 9.72. The Morgan fingerprint density at radius 3 is 2.48 bits per heavy atom. The van der Waals surface area contributed by atoms with Gasteiger partial charge in [0.15, 0.2) is 0 Å². The molecule has 1 aromatic carbocycles. The van der Waals surface area contributed by atoms with E-state index in [0.29, 0.717) is 12.8 Å². The summed E-state index contributed by atoms with van der Waals surface area (Å²) in [6.07, 6.45) is 3.05. The van der Waals surface area contributed by atoms with Crippen molar-refractivity contribution in [1.82, 2.24) is 0 Å². The van der Waals surface area contributed by atoms with Crippen LogP contribution in [0.4, 0.5) is 10.1 Å². The van der Waals surface area contributed by atoms with Gasteiger partial charge in [-0.1, -0.05) is 19.9 Å². The fraction of sp³-hybridized carbons (Fsp3) is 0.562. The lowest BCUT2D eigenvalue weighted by molar-refractivity contribution is -0.0146. The van der Waals surface area contributed by atoms with E-state index in [4.69, 9.17) is 5.11 Å². The number of para-hydroxylation sites is 1. The lowest BCUT2D eigenvalue weighted by atomic mass is 9.71. The molecule has 1 aliphatic rings. The van der Waals surface area contributed by atoms with Gasteiger partial charge >= 0.3 is 5.97 Å². The quantitative estimate of drug-likeness (QED) is 0.797. The van der Waals surface area contributed by atoms with Crippen LogP contribution in [0.25, 0.3) is 0 Å². The van der Waals surface area contributed by atoms with Crippen molar-refractivity contribution in [2.24, 2.45) is 5.41 Å². The maximum atomic E-state index is 13.8. The number of nitrogens with one attached hydrogen (secondary N) is 1. The van der Waals surface area contributed by atoms with Gasteiger partial charge in [-0.2, -0.15) is 0 Å². The molecule has 0 bridgehead atoms. The Bertz CT molecular complexity index is 532. The normalized spacial score (nSPS) is 20.0. The van der Waals surface area contributed by atoms with Crippen molar-refractivity contribution in [3.8, 4) is 0 Å². The second kappa shape index (κ2) is 5.64. The van der Waals surface area contributed by atoms with Gasteiger partial charge in [0, 0.05) is 6.54 Å². The topological polar surface area (TPSA) is 69.6 Å². The van der Waals surface area contributed by atoms with Gasteiger partial charge in [0.1, 0.15) is 5.82 Å². The minimum Gasteiger partial charge on any atom is -0.478 e. The van der Waals surface area contributed by atoms with Crippen molar-refractivity contribution in [3.05, 3.63) is 29.6 Å². The number of rotatable bonds is 4. The summed E-state index contributed by atoms with van der Waals surface area (Å²) < 4.78 is 13.8. The zero-order valence-electron chi connectivity index (χ0n) is 12.4. The van der Waals surface area contributed by atoms with E-state index in [1.54, 1.807) is 0 Å². The smallest absolute Gasteiger partial charge is 0.337 e. The molecule has 0 spiro atoms. The molecule has 0 amide bonds. The number of aromatic carboxylic acids is 1. The van der Waals surface area contributed by atoms with Crippen molar-refractivity contribution in [2.75, 3.05) is 11.9 Å². The molecule has 0 saturated heterocycles. The van der Waals surface area contributed by atoms with E-state index < -0.39 is 17.4 Å². The number of carbonyl (C=O) groups is 1. The summed E-state index contributed by atoms with van der Waals surface area (Å²) in [6.45, 7) is 4.49. The summed E-state index contributed by atoms with van der Waals surface area (Å²) in [6, 6.07) is 3.92. The number of hydrogen-bond donors (Lipinski definition) is 3. The SMILES string of the molecule is CC1(C)CCC(O)(CNc2c(F)cccc2C(=O)O)CC1. The first-order valence-corrected chi connectivity index (χ1v) is 7.21. The van der Waals surface area contributed by atoms with Gasteiger partial charge in [0.25, 0.3) is 0 Å². The molecule has 0 unspecified atom stereocenters. The minimum atomic E-state index is -1.19. The highest BCUT2D eigenvalue weighted by Crippen LogP contribution is 2.40. The Labute approximate surface area is 124 Å². The number of hydrogen-bond acceptors (Lipinski definition) is 3. The predicted molar refractivity (Wildman–Crippen MR) is 79.0 cm³/mol. The average Bonchev–Trinajstić information content (AvgIpc) is 2.41. The summed E-state index contributed by atoms with van der Waals surface area (Å²) in [5.41, 5.74) is -0.859. The molecule has 3 N–H and O–H groups in total. The van der Waals surface area contributed by atoms with E-state index >= 15 is 0 Å². The van der Waals surface area contributed by atoms with Gasteiger partial charge in [0.05, 0.1) is 16.9 Å². The number of anilines is 1. The summed E-state index contributed by atoms with van der Waals surface area (Å²) in [7, 11) is 0. The third-order valence-electron chi connectivity index (χ3n) is 4.37. The molecule has 0 atom stereocenters. The van der Waals surface area contributed by atoms with Crippen LogP contribution < -0.4 is 5.32 Å². The zero-order valence-corrected chi connectivity index (χ0v) is 12.4. The Kier molecular flexibility index (Phi) is 4.23. The standard InChI is InChI=1S/C16H22FNO3/c1-15(2)6-8-16(21,9-7-15)10-18-13-11(14(19)20)4-3-5-12(13)17/h3-5,18,21H,6-10H2,1-2H3,(H,19,20). The van der Waals surface area contributed by atoms with Gasteiger partial charge in [-0.05, 0) is 43.2 Å². The number of carboxylic acid groups (broad SMARTS) is 1. The van der Waals surface area contributed by atoms with Crippen LogP contribution in [0.1, 0.15) is 49.9 Å². The van der Waals surface area contributed by atoms with E-state index in [0.717, 1.165) is 12.8 Å². The summed E-state index contributed by atoms with van der Waals surface area (Å²) in [5, 5.41) is 22.4. The molecule has 1 saturated carbocycles. The van der Waals surface area contributed by atoms with Crippen LogP contribution in [0.5, 0.6) is 0 Å². The fourth-order valence-electron chi connectivity index (χ4n) is 2.70. The van der Waals surface area contributed by atoms with Crippen molar-refractivity contribution in [2.45, 2.75) is 45.1 Å². The van der Waals surface area contributed by atoms with Crippen LogP contribution >= 0.6 is 0 Å². The second-order valence-corrected chi connectivity index (χ2v) is 6.71. The molecule has 2 rings (SSSR count). The lowest BCUT2D eigenvalue weighted by Gasteiger charge is -2.40. The highest BCUT2D eigenvalue weighted by atomic mass is 19.1. The van der Waals surface area contributed by atoms with Gasteiger partial charge in [-0.25, -0.2) is 9.18 Å². The maximum Gasteiger partial charge on any atom is 0.337 e. The summed E-state index contributed by atoms with van der Waals surface area (Å²) in [5.74, 6) is -1.80. The predicted octanol–water partition coefficient (Wildman–Crippen LogP) is 3.27. The van der Waals surface area contributed by atoms with Crippen LogP contribution in [0.15, 0.2) is 18.2 Å². The molecular formula is C16H22FNO3. The van der Waals surface area contributed by atoms with E-state index in [-0.39, 0.29) is 23.2 Å². The van der Waals surface area contributed by atoms with Crippen molar-refractivity contribution in [1.29, 1.82) is 0 Å². The Morgan fingerprint density at radius 1 is 1.29 bits per heavy atom. The molecule has 5 heteroatoms. The molecule has 116 valence electrons. The Balaban J connectivity index is 2.09. The van der Waals surface area contributed by atoms with E-state index in [2.05, 4.69) is 19.2 Å². The Morgan fingerprint density at radius 2 is 1.90 bits per heavy atom. The van der Waals surface area contributed by atoms with Gasteiger partial charge in [-0.15, -0.1) is 0 Å². The summed E-state index contributed by atoms with van der Waals surface area (Å²) in [4.78, 5) is 11.1. The number of aliphatic hydroxyl groups is 1. The van der Waals surface area contributed by atoms with Gasteiger partial charge in [0.2, 0.25) is 0 Å². The molecule has 0 aromatic heterocycles. The third-order valence-corrected chi connectivity index (χ3v) is 4.37. The first-order valence-electron chi connectivity index (χ1n) is 7.21. The van der Waals surface area contributed by atoms with Gasteiger partial charge < -0.3 is 15.5 Å². The molecule has 4 nitrogen and oxygen atoms in total. The van der Waals surface area contributed by atoms with Crippen molar-refractivity contribution in [3.63, 3.8) is 0 Å². The minimum absolute atomic E-state index is 0.0525. The Hall–Kier alpha value is -1.62. The molecular weight excluding hydrogens is 273 g/mol. The molecule has 21 heavy (non-hydrogen) atoms. The average molecular weight is 295 g/mol. The molecule has 0 heterocycles. The lowest BCUT2D eigenvalue weighted by Crippen LogP contribution is -2.42. The molecule has 1 aromatic rings. The maximum absolute atomic E-state index is 13.8. The van der Waals surface area contributed by atoms with Crippen LogP contribution in [-0.2, 0) is 0 Å². The molecule has 1 aliphatic carbocycles. The highest BCUT2D eigenvalue weighted by Gasteiger charge is 2.36. The largest absolute Gasteiger partial charge is 0.478 e. The van der Waals surface area contributed by atoms with Gasteiger partial charge in [-0.3, -0.25) is 0 Å². The number of carboxylic acids is 1. The molecule has 0 aliphatic heterocycles. The van der Waals surface area contributed by atoms with Crippen molar-refractivity contribution >= 4 is 11.7 Å². The van der Waals surface area contributed by atoms with Crippen LogP contribution in [0.2, 0.25) is 0 Å². The second-order valence-electron chi connectivity index (χ2n) is 6.71. The van der Waals surface area contributed by atoms with E-state index in [9.17, 15) is 14.3 Å². The first kappa shape index (κ1) is 15.8. The van der Waals surface area contributed by atoms with Crippen LogP contribution in [0.3, 0.4) is 0 Å². The van der Waals surface area contributed by atoms with E-state index in [1.165, 1.54) is 18.2 Å². The molecule has 0 radical (unpaired) electrons. The molecule has 1 fully saturated rings. The van der Waals surface area contributed by atoms with Crippen molar-refractivity contribution < 1.29 is 19.4 Å². The van der Waals surface area contributed by atoms with Crippen LogP contribution in [0, 0.1) is 11.2 Å². The van der Waals surface area contributed by atoms with Crippen LogP contribution in [-0.4, -0.2) is 28.3 Å². The number of benzene rings is 1. The van der Waals surface area contributed by atoms with E-state index in [1.807, 2.05) is 0 Å². The zero-order chi connectivity index (χ0) is 15.7. The summed E-state index contributed by atoms with van der Waals surface area (Å²) >= 11 is 0. The fourth-order valence-corrected chi connectivity index (χ4v) is 2.70. The highest BCUT2D eigenvalue weighted by molar-refractivity contribution is 5.94. The third kappa shape index (κ3) is 3.73.